The van der Waals surface area contributed by atoms with E-state index in [2.05, 4.69) is 0 Å². The first-order valence-corrected chi connectivity index (χ1v) is 6.57. The summed E-state index contributed by atoms with van der Waals surface area (Å²) in [6.45, 7) is 3.33. The van der Waals surface area contributed by atoms with Gasteiger partial charge in [0.05, 0.1) is 0 Å². The van der Waals surface area contributed by atoms with Crippen molar-refractivity contribution in [2.45, 2.75) is 19.1 Å². The number of benzene rings is 1. The fourth-order valence-electron chi connectivity index (χ4n) is 1.15. The molecule has 0 amide bonds. The molecule has 1 rings (SSSR count). The zero-order valence-electron chi connectivity index (χ0n) is 9.02. The van der Waals surface area contributed by atoms with E-state index >= 15 is 0 Å². The van der Waals surface area contributed by atoms with E-state index < -0.39 is 15.1 Å². The van der Waals surface area contributed by atoms with E-state index in [1.54, 1.807) is 24.3 Å². The van der Waals surface area contributed by atoms with Gasteiger partial charge in [-0.2, -0.15) is 0 Å². The van der Waals surface area contributed by atoms with Crippen LogP contribution in [0.1, 0.15) is 22.8 Å². The second kappa shape index (κ2) is 4.14. The molecule has 0 heterocycles. The molecule has 0 radical (unpaired) electrons. The van der Waals surface area contributed by atoms with Gasteiger partial charge < -0.3 is 0 Å². The molecule has 0 aliphatic heterocycles. The molecule has 0 unspecified atom stereocenters. The monoisotopic (exact) mass is 226 g/mol. The highest BCUT2D eigenvalue weighted by molar-refractivity contribution is 7.92. The minimum absolute atomic E-state index is 0.350. The second-order valence-corrected chi connectivity index (χ2v) is 6.07. The van der Waals surface area contributed by atoms with Crippen molar-refractivity contribution in [1.29, 1.82) is 0 Å². The third kappa shape index (κ3) is 2.89. The Morgan fingerprint density at radius 1 is 1.20 bits per heavy atom. The van der Waals surface area contributed by atoms with Gasteiger partial charge in [-0.1, -0.05) is 29.8 Å². The number of hydrogen-bond acceptors (Lipinski definition) is 3. The topological polar surface area (TPSA) is 51.2 Å². The van der Waals surface area contributed by atoms with Crippen molar-refractivity contribution in [3.05, 3.63) is 35.4 Å². The van der Waals surface area contributed by atoms with Gasteiger partial charge in [0.2, 0.25) is 0 Å². The molecule has 0 aromatic heterocycles. The Labute approximate surface area is 90.0 Å². The first-order chi connectivity index (χ1) is 6.82. The first-order valence-electron chi connectivity index (χ1n) is 4.62. The number of sulfone groups is 1. The molecule has 0 aliphatic rings. The van der Waals surface area contributed by atoms with Crippen LogP contribution >= 0.6 is 0 Å². The maximum absolute atomic E-state index is 11.7. The summed E-state index contributed by atoms with van der Waals surface area (Å²) in [6, 6.07) is 6.89. The van der Waals surface area contributed by atoms with Crippen molar-refractivity contribution < 1.29 is 13.2 Å². The minimum Gasteiger partial charge on any atom is -0.293 e. The molecule has 1 aromatic rings. The maximum atomic E-state index is 11.7. The van der Waals surface area contributed by atoms with Crippen LogP contribution in [-0.4, -0.2) is 25.7 Å². The zero-order chi connectivity index (χ0) is 11.6. The average molecular weight is 226 g/mol. The normalized spacial score (nSPS) is 13.5. The Morgan fingerprint density at radius 3 is 2.07 bits per heavy atom. The van der Waals surface area contributed by atoms with E-state index in [0.29, 0.717) is 5.56 Å². The summed E-state index contributed by atoms with van der Waals surface area (Å²) < 4.78 is 22.4. The van der Waals surface area contributed by atoms with Crippen LogP contribution in [0.5, 0.6) is 0 Å². The fourth-order valence-corrected chi connectivity index (χ4v) is 1.67. The summed E-state index contributed by atoms with van der Waals surface area (Å²) in [5.41, 5.74) is 1.48. The number of ketones is 1. The van der Waals surface area contributed by atoms with E-state index in [1.165, 1.54) is 6.92 Å². The molecule has 0 fully saturated rings. The van der Waals surface area contributed by atoms with Gasteiger partial charge in [-0.15, -0.1) is 0 Å². The van der Waals surface area contributed by atoms with Crippen molar-refractivity contribution in [2.24, 2.45) is 0 Å². The number of aryl methyl sites for hydroxylation is 1. The second-order valence-electron chi connectivity index (χ2n) is 3.70. The average Bonchev–Trinajstić information content (AvgIpc) is 2.15. The smallest absolute Gasteiger partial charge is 0.180 e. The van der Waals surface area contributed by atoms with E-state index in [-0.39, 0.29) is 5.78 Å². The van der Waals surface area contributed by atoms with E-state index in [4.69, 9.17) is 0 Å². The predicted octanol–water partition coefficient (Wildman–Crippen LogP) is 1.61. The predicted molar refractivity (Wildman–Crippen MR) is 59.8 cm³/mol. The first kappa shape index (κ1) is 11.9. The minimum atomic E-state index is -3.31. The van der Waals surface area contributed by atoms with Crippen molar-refractivity contribution >= 4 is 15.6 Å². The Balaban J connectivity index is 3.01. The van der Waals surface area contributed by atoms with Crippen molar-refractivity contribution in [2.75, 3.05) is 6.26 Å². The van der Waals surface area contributed by atoms with Crippen LogP contribution in [-0.2, 0) is 9.84 Å². The quantitative estimate of drug-likeness (QED) is 0.736. The summed E-state index contributed by atoms with van der Waals surface area (Å²) >= 11 is 0. The van der Waals surface area contributed by atoms with Gasteiger partial charge in [-0.25, -0.2) is 8.42 Å². The van der Waals surface area contributed by atoms with Gasteiger partial charge in [0, 0.05) is 11.8 Å². The highest BCUT2D eigenvalue weighted by atomic mass is 32.2. The van der Waals surface area contributed by atoms with Crippen molar-refractivity contribution in [3.8, 4) is 0 Å². The van der Waals surface area contributed by atoms with E-state index in [1.807, 2.05) is 6.92 Å². The van der Waals surface area contributed by atoms with Gasteiger partial charge in [-0.3, -0.25) is 4.79 Å². The Bertz CT molecular complexity index is 457. The maximum Gasteiger partial charge on any atom is 0.180 e. The number of rotatable bonds is 3. The lowest BCUT2D eigenvalue weighted by Crippen LogP contribution is -2.26. The molecule has 0 saturated carbocycles. The molecular formula is C11H14O3S. The van der Waals surface area contributed by atoms with Gasteiger partial charge in [-0.05, 0) is 13.8 Å². The Hall–Kier alpha value is -1.16. The summed E-state index contributed by atoms with van der Waals surface area (Å²) in [5, 5.41) is -0.972. The van der Waals surface area contributed by atoms with Gasteiger partial charge >= 0.3 is 0 Å². The number of carbonyl (C=O) groups is 1. The SMILES string of the molecule is Cc1ccc(C(=O)[C@H](C)S(C)(=O)=O)cc1. The highest BCUT2D eigenvalue weighted by Gasteiger charge is 2.24. The lowest BCUT2D eigenvalue weighted by Gasteiger charge is -2.08. The van der Waals surface area contributed by atoms with Gasteiger partial charge in [0.1, 0.15) is 5.25 Å². The summed E-state index contributed by atoms with van der Waals surface area (Å²) in [4.78, 5) is 11.7. The summed E-state index contributed by atoms with van der Waals surface area (Å²) in [5.74, 6) is -0.350. The molecule has 3 nitrogen and oxygen atoms in total. The van der Waals surface area contributed by atoms with Crippen LogP contribution in [0.15, 0.2) is 24.3 Å². The fraction of sp³-hybridized carbons (Fsp3) is 0.364. The summed E-state index contributed by atoms with van der Waals surface area (Å²) in [6.07, 6.45) is 1.07. The molecule has 0 N–H and O–H groups in total. The number of carbonyl (C=O) groups excluding carboxylic acids is 1. The van der Waals surface area contributed by atoms with E-state index in [0.717, 1.165) is 11.8 Å². The van der Waals surface area contributed by atoms with Crippen LogP contribution in [0, 0.1) is 6.92 Å². The molecular weight excluding hydrogens is 212 g/mol. The Kier molecular flexibility index (Phi) is 3.29. The van der Waals surface area contributed by atoms with Crippen LogP contribution in [0.25, 0.3) is 0 Å². The zero-order valence-corrected chi connectivity index (χ0v) is 9.84. The molecule has 0 spiro atoms. The Morgan fingerprint density at radius 2 is 1.67 bits per heavy atom. The highest BCUT2D eigenvalue weighted by Crippen LogP contribution is 2.10. The molecule has 4 heteroatoms. The molecule has 1 aromatic carbocycles. The van der Waals surface area contributed by atoms with Gasteiger partial charge in [0.25, 0.3) is 0 Å². The third-order valence-electron chi connectivity index (χ3n) is 2.35. The van der Waals surface area contributed by atoms with Crippen molar-refractivity contribution in [1.82, 2.24) is 0 Å². The number of Topliss-reactive ketones (excluding diaryl/α,β-unsaturated/α-hetero) is 1. The summed E-state index contributed by atoms with van der Waals surface area (Å²) in [7, 11) is -3.31. The van der Waals surface area contributed by atoms with Crippen molar-refractivity contribution in [3.63, 3.8) is 0 Å². The van der Waals surface area contributed by atoms with Crippen LogP contribution in [0.4, 0.5) is 0 Å². The lowest BCUT2D eigenvalue weighted by atomic mass is 10.1. The van der Waals surface area contributed by atoms with E-state index in [9.17, 15) is 13.2 Å². The third-order valence-corrected chi connectivity index (χ3v) is 3.85. The van der Waals surface area contributed by atoms with Crippen LogP contribution in [0.2, 0.25) is 0 Å². The van der Waals surface area contributed by atoms with Crippen LogP contribution in [0.3, 0.4) is 0 Å². The molecule has 0 aliphatic carbocycles. The molecule has 82 valence electrons. The molecule has 0 saturated heterocycles. The van der Waals surface area contributed by atoms with Crippen LogP contribution < -0.4 is 0 Å². The lowest BCUT2D eigenvalue weighted by molar-refractivity contribution is 0.0991. The molecule has 0 bridgehead atoms. The standard InChI is InChI=1S/C11H14O3S/c1-8-4-6-10(7-5-8)11(12)9(2)15(3,13)14/h4-7,9H,1-3H3/t9-/m0/s1. The number of hydrogen-bond donors (Lipinski definition) is 0. The molecule has 1 atom stereocenters. The largest absolute Gasteiger partial charge is 0.293 e. The molecule has 15 heavy (non-hydrogen) atoms. The van der Waals surface area contributed by atoms with Gasteiger partial charge in [0.15, 0.2) is 15.6 Å².